The summed E-state index contributed by atoms with van der Waals surface area (Å²) in [6.45, 7) is 7.54. The zero-order valence-corrected chi connectivity index (χ0v) is 13.7. The van der Waals surface area contributed by atoms with E-state index in [9.17, 15) is 19.2 Å². The SMILES string of the molecule is CC(C)CC(C=O)NC(=O)CNC(=O)C(CC(C)C)NC=O. The monoisotopic (exact) mass is 313 g/mol. The molecule has 0 aromatic carbocycles. The number of carbonyl (C=O) groups is 4. The van der Waals surface area contributed by atoms with Crippen molar-refractivity contribution in [2.75, 3.05) is 6.54 Å². The molecule has 0 bridgehead atoms. The highest BCUT2D eigenvalue weighted by atomic mass is 16.2. The second kappa shape index (κ2) is 10.8. The Morgan fingerprint density at radius 3 is 2.05 bits per heavy atom. The first-order valence-electron chi connectivity index (χ1n) is 7.52. The Morgan fingerprint density at radius 1 is 1.00 bits per heavy atom. The van der Waals surface area contributed by atoms with Crippen LogP contribution >= 0.6 is 0 Å². The molecular formula is C15H27N3O4. The van der Waals surface area contributed by atoms with Gasteiger partial charge in [-0.15, -0.1) is 0 Å². The molecule has 0 spiro atoms. The molecule has 2 atom stereocenters. The van der Waals surface area contributed by atoms with E-state index < -0.39 is 23.9 Å². The number of amides is 3. The van der Waals surface area contributed by atoms with Gasteiger partial charge in [-0.05, 0) is 24.7 Å². The van der Waals surface area contributed by atoms with Gasteiger partial charge >= 0.3 is 0 Å². The number of carbonyl (C=O) groups excluding carboxylic acids is 4. The molecule has 0 heterocycles. The lowest BCUT2D eigenvalue weighted by atomic mass is 10.0. The third-order valence-corrected chi connectivity index (χ3v) is 2.95. The van der Waals surface area contributed by atoms with Crippen molar-refractivity contribution in [1.29, 1.82) is 0 Å². The number of hydrogen-bond donors (Lipinski definition) is 3. The van der Waals surface area contributed by atoms with Crippen LogP contribution in [0.5, 0.6) is 0 Å². The highest BCUT2D eigenvalue weighted by molar-refractivity contribution is 5.89. The van der Waals surface area contributed by atoms with Crippen molar-refractivity contribution < 1.29 is 19.2 Å². The Labute approximate surface area is 131 Å². The molecule has 0 aromatic heterocycles. The summed E-state index contributed by atoms with van der Waals surface area (Å²) in [7, 11) is 0. The lowest BCUT2D eigenvalue weighted by molar-refractivity contribution is -0.129. The topological polar surface area (TPSA) is 104 Å². The van der Waals surface area contributed by atoms with Gasteiger partial charge in [0.2, 0.25) is 18.2 Å². The fourth-order valence-corrected chi connectivity index (χ4v) is 2.01. The maximum absolute atomic E-state index is 11.9. The van der Waals surface area contributed by atoms with Gasteiger partial charge in [0.05, 0.1) is 12.6 Å². The zero-order valence-electron chi connectivity index (χ0n) is 13.7. The minimum Gasteiger partial charge on any atom is -0.347 e. The van der Waals surface area contributed by atoms with Gasteiger partial charge in [-0.2, -0.15) is 0 Å². The highest BCUT2D eigenvalue weighted by Crippen LogP contribution is 2.04. The van der Waals surface area contributed by atoms with Crippen LogP contribution in [0.1, 0.15) is 40.5 Å². The predicted octanol–water partition coefficient (Wildman–Crippen LogP) is -0.00690. The lowest BCUT2D eigenvalue weighted by Crippen LogP contribution is -2.49. The molecule has 0 aliphatic carbocycles. The Bertz CT molecular complexity index is 383. The normalized spacial score (nSPS) is 13.4. The summed E-state index contributed by atoms with van der Waals surface area (Å²) in [6, 6.07) is -1.22. The second-order valence-corrected chi connectivity index (χ2v) is 6.12. The van der Waals surface area contributed by atoms with E-state index in [2.05, 4.69) is 16.0 Å². The van der Waals surface area contributed by atoms with Crippen molar-refractivity contribution in [1.82, 2.24) is 16.0 Å². The van der Waals surface area contributed by atoms with Crippen LogP contribution in [-0.2, 0) is 19.2 Å². The summed E-state index contributed by atoms with van der Waals surface area (Å²) in [5.74, 6) is -0.345. The van der Waals surface area contributed by atoms with Gasteiger partial charge < -0.3 is 20.7 Å². The molecule has 0 aliphatic rings. The van der Waals surface area contributed by atoms with Crippen LogP contribution in [0.4, 0.5) is 0 Å². The molecule has 0 aromatic rings. The molecule has 0 aliphatic heterocycles. The van der Waals surface area contributed by atoms with Gasteiger partial charge in [-0.25, -0.2) is 0 Å². The highest BCUT2D eigenvalue weighted by Gasteiger charge is 2.20. The molecule has 0 saturated carbocycles. The van der Waals surface area contributed by atoms with Crippen LogP contribution in [0.25, 0.3) is 0 Å². The number of aldehydes is 1. The van der Waals surface area contributed by atoms with E-state index in [1.165, 1.54) is 0 Å². The summed E-state index contributed by atoms with van der Waals surface area (Å²) in [6.07, 6.45) is 2.19. The van der Waals surface area contributed by atoms with Crippen LogP contribution in [0.3, 0.4) is 0 Å². The molecular weight excluding hydrogens is 286 g/mol. The largest absolute Gasteiger partial charge is 0.347 e. The molecule has 126 valence electrons. The number of hydrogen-bond acceptors (Lipinski definition) is 4. The first-order valence-corrected chi connectivity index (χ1v) is 7.52. The van der Waals surface area contributed by atoms with Crippen molar-refractivity contribution in [3.8, 4) is 0 Å². The Morgan fingerprint density at radius 2 is 1.59 bits per heavy atom. The Kier molecular flexibility index (Phi) is 9.82. The van der Waals surface area contributed by atoms with Gasteiger partial charge in [-0.3, -0.25) is 14.4 Å². The van der Waals surface area contributed by atoms with Crippen molar-refractivity contribution in [2.24, 2.45) is 11.8 Å². The Balaban J connectivity index is 4.33. The first kappa shape index (κ1) is 20.1. The van der Waals surface area contributed by atoms with Crippen molar-refractivity contribution >= 4 is 24.5 Å². The maximum atomic E-state index is 11.9. The lowest BCUT2D eigenvalue weighted by Gasteiger charge is -2.18. The standard InChI is InChI=1S/C15H27N3O4/c1-10(2)5-12(8-19)18-14(21)7-16-15(22)13(17-9-20)6-11(3)4/h8-13H,5-7H2,1-4H3,(H,16,22)(H,17,20)(H,18,21). The van der Waals surface area contributed by atoms with E-state index in [0.717, 1.165) is 0 Å². The minimum absolute atomic E-state index is 0.225. The summed E-state index contributed by atoms with van der Waals surface area (Å²) in [5, 5.41) is 7.46. The molecule has 0 saturated heterocycles. The Hall–Kier alpha value is -1.92. The molecule has 0 radical (unpaired) electrons. The van der Waals surface area contributed by atoms with E-state index in [4.69, 9.17) is 0 Å². The van der Waals surface area contributed by atoms with E-state index >= 15 is 0 Å². The van der Waals surface area contributed by atoms with E-state index in [0.29, 0.717) is 25.5 Å². The predicted molar refractivity (Wildman–Crippen MR) is 82.9 cm³/mol. The van der Waals surface area contributed by atoms with Gasteiger partial charge in [0.1, 0.15) is 12.3 Å². The maximum Gasteiger partial charge on any atom is 0.243 e. The molecule has 7 heteroatoms. The molecule has 7 nitrogen and oxygen atoms in total. The van der Waals surface area contributed by atoms with Crippen LogP contribution in [0, 0.1) is 11.8 Å². The summed E-state index contributed by atoms with van der Waals surface area (Å²) in [5.41, 5.74) is 0. The average Bonchev–Trinajstić information content (AvgIpc) is 2.42. The van der Waals surface area contributed by atoms with Crippen LogP contribution < -0.4 is 16.0 Å². The van der Waals surface area contributed by atoms with Crippen molar-refractivity contribution in [3.63, 3.8) is 0 Å². The molecule has 0 fully saturated rings. The summed E-state index contributed by atoms with van der Waals surface area (Å²) >= 11 is 0. The summed E-state index contributed by atoms with van der Waals surface area (Å²) in [4.78, 5) is 45.0. The van der Waals surface area contributed by atoms with E-state index in [1.807, 2.05) is 27.7 Å². The van der Waals surface area contributed by atoms with Gasteiger partial charge in [-0.1, -0.05) is 27.7 Å². The summed E-state index contributed by atoms with van der Waals surface area (Å²) < 4.78 is 0. The second-order valence-electron chi connectivity index (χ2n) is 6.12. The molecule has 3 amide bonds. The smallest absolute Gasteiger partial charge is 0.243 e. The minimum atomic E-state index is -0.664. The van der Waals surface area contributed by atoms with Gasteiger partial charge in [0.15, 0.2) is 0 Å². The van der Waals surface area contributed by atoms with E-state index in [1.54, 1.807) is 0 Å². The molecule has 2 unspecified atom stereocenters. The van der Waals surface area contributed by atoms with E-state index in [-0.39, 0.29) is 18.4 Å². The van der Waals surface area contributed by atoms with Crippen LogP contribution in [0.15, 0.2) is 0 Å². The fraction of sp³-hybridized carbons (Fsp3) is 0.733. The number of rotatable bonds is 11. The van der Waals surface area contributed by atoms with Crippen LogP contribution in [0.2, 0.25) is 0 Å². The molecule has 0 rings (SSSR count). The molecule has 3 N–H and O–H groups in total. The third kappa shape index (κ3) is 9.10. The quantitative estimate of drug-likeness (QED) is 0.467. The fourth-order valence-electron chi connectivity index (χ4n) is 2.01. The average molecular weight is 313 g/mol. The third-order valence-electron chi connectivity index (χ3n) is 2.95. The van der Waals surface area contributed by atoms with Crippen LogP contribution in [-0.4, -0.2) is 43.1 Å². The zero-order chi connectivity index (χ0) is 17.1. The van der Waals surface area contributed by atoms with Crippen molar-refractivity contribution in [3.05, 3.63) is 0 Å². The van der Waals surface area contributed by atoms with Gasteiger partial charge in [0, 0.05) is 0 Å². The van der Waals surface area contributed by atoms with Gasteiger partial charge in [0.25, 0.3) is 0 Å². The number of nitrogens with one attached hydrogen (secondary N) is 3. The van der Waals surface area contributed by atoms with Crippen molar-refractivity contribution in [2.45, 2.75) is 52.6 Å². The molecule has 22 heavy (non-hydrogen) atoms. The first-order chi connectivity index (χ1) is 10.3.